The molecule has 1 amide bonds. The van der Waals surface area contributed by atoms with Gasteiger partial charge in [-0.3, -0.25) is 9.69 Å². The molecular formula is C10H12N2O3S. The third-order valence-electron chi connectivity index (χ3n) is 2.61. The van der Waals surface area contributed by atoms with Crippen LogP contribution in [0.2, 0.25) is 0 Å². The molecule has 1 fully saturated rings. The average molecular weight is 240 g/mol. The summed E-state index contributed by atoms with van der Waals surface area (Å²) in [6, 6.07) is -0.563. The number of carboxylic acid groups (broad SMARTS) is 1. The first-order valence-corrected chi connectivity index (χ1v) is 5.92. The Morgan fingerprint density at radius 2 is 2.38 bits per heavy atom. The fraction of sp³-hybridized carbons (Fsp3) is 0.400. The molecule has 86 valence electrons. The Balaban J connectivity index is 2.41. The molecule has 2 atom stereocenters. The van der Waals surface area contributed by atoms with Gasteiger partial charge in [0, 0.05) is 5.75 Å². The molecule has 2 heterocycles. The molecule has 6 heteroatoms. The van der Waals surface area contributed by atoms with Crippen LogP contribution in [-0.2, 0) is 9.59 Å². The Hall–Kier alpha value is -1.27. The van der Waals surface area contributed by atoms with Gasteiger partial charge in [0.1, 0.15) is 17.1 Å². The van der Waals surface area contributed by atoms with Crippen LogP contribution in [0.25, 0.3) is 0 Å². The molecule has 16 heavy (non-hydrogen) atoms. The number of allylic oxidation sites excluding steroid dienone is 2. The van der Waals surface area contributed by atoms with Crippen molar-refractivity contribution in [2.24, 2.45) is 5.73 Å². The van der Waals surface area contributed by atoms with E-state index in [0.717, 1.165) is 0 Å². The summed E-state index contributed by atoms with van der Waals surface area (Å²) >= 11 is 1.50. The summed E-state index contributed by atoms with van der Waals surface area (Å²) in [4.78, 5) is 24.0. The van der Waals surface area contributed by atoms with E-state index in [4.69, 9.17) is 10.8 Å². The zero-order valence-corrected chi connectivity index (χ0v) is 9.53. The summed E-state index contributed by atoms with van der Waals surface area (Å²) in [5, 5.41) is 8.91. The average Bonchev–Trinajstić information content (AvgIpc) is 2.27. The maximum atomic E-state index is 11.5. The smallest absolute Gasteiger partial charge is 0.352 e. The first-order valence-electron chi connectivity index (χ1n) is 4.87. The van der Waals surface area contributed by atoms with E-state index in [9.17, 15) is 9.59 Å². The van der Waals surface area contributed by atoms with Crippen molar-refractivity contribution < 1.29 is 14.7 Å². The summed E-state index contributed by atoms with van der Waals surface area (Å²) in [6.07, 6.45) is 3.49. The van der Waals surface area contributed by atoms with Gasteiger partial charge in [-0.2, -0.15) is 0 Å². The highest BCUT2D eigenvalue weighted by atomic mass is 32.2. The molecule has 5 nitrogen and oxygen atoms in total. The molecule has 0 spiro atoms. The number of thioether (sulfide) groups is 1. The molecule has 2 aliphatic heterocycles. The molecule has 0 aliphatic carbocycles. The summed E-state index contributed by atoms with van der Waals surface area (Å²) < 4.78 is 0. The number of β-lactam (4-membered cyclic amide) rings is 1. The standard InChI is InChI=1S/C10H12N2O3S/c1-2-3-5-4-16-9-6(11)8(13)12(9)7(5)10(14)15/h2-3,6,9H,4,11H2,1H3,(H,14,15)/b3-2+/t6-,9?/m1/s1. The first kappa shape index (κ1) is 11.2. The van der Waals surface area contributed by atoms with Gasteiger partial charge in [0.15, 0.2) is 0 Å². The largest absolute Gasteiger partial charge is 0.477 e. The van der Waals surface area contributed by atoms with Crippen LogP contribution in [-0.4, -0.2) is 39.1 Å². The molecule has 0 saturated carbocycles. The Bertz CT molecular complexity index is 416. The van der Waals surface area contributed by atoms with E-state index in [1.54, 1.807) is 12.2 Å². The number of amides is 1. The Kier molecular flexibility index (Phi) is 2.77. The highest BCUT2D eigenvalue weighted by molar-refractivity contribution is 8.00. The fourth-order valence-corrected chi connectivity index (χ4v) is 3.13. The molecule has 0 radical (unpaired) electrons. The second-order valence-corrected chi connectivity index (χ2v) is 4.72. The van der Waals surface area contributed by atoms with Gasteiger partial charge in [0.2, 0.25) is 5.91 Å². The van der Waals surface area contributed by atoms with Crippen LogP contribution in [0.5, 0.6) is 0 Å². The quantitative estimate of drug-likeness (QED) is 0.671. The summed E-state index contributed by atoms with van der Waals surface area (Å²) in [5.74, 6) is -0.802. The first-order chi connectivity index (χ1) is 7.57. The topological polar surface area (TPSA) is 83.6 Å². The van der Waals surface area contributed by atoms with E-state index < -0.39 is 12.0 Å². The number of carboxylic acids is 1. The normalized spacial score (nSPS) is 29.4. The number of hydrogen-bond donors (Lipinski definition) is 2. The lowest BCUT2D eigenvalue weighted by Gasteiger charge is -2.47. The molecule has 2 aliphatic rings. The number of carbonyl (C=O) groups excluding carboxylic acids is 1. The van der Waals surface area contributed by atoms with Gasteiger partial charge in [-0.1, -0.05) is 12.2 Å². The molecular weight excluding hydrogens is 228 g/mol. The van der Waals surface area contributed by atoms with Gasteiger partial charge < -0.3 is 10.8 Å². The Morgan fingerprint density at radius 3 is 2.94 bits per heavy atom. The zero-order valence-electron chi connectivity index (χ0n) is 8.71. The number of hydrogen-bond acceptors (Lipinski definition) is 4. The van der Waals surface area contributed by atoms with Crippen LogP contribution in [0.15, 0.2) is 23.4 Å². The number of nitrogens with zero attached hydrogens (tertiary/aromatic N) is 1. The van der Waals surface area contributed by atoms with Crippen LogP contribution in [0.3, 0.4) is 0 Å². The monoisotopic (exact) mass is 240 g/mol. The molecule has 0 aromatic carbocycles. The van der Waals surface area contributed by atoms with E-state index in [1.807, 2.05) is 6.92 Å². The third-order valence-corrected chi connectivity index (χ3v) is 3.93. The van der Waals surface area contributed by atoms with Crippen molar-refractivity contribution in [1.29, 1.82) is 0 Å². The Labute approximate surface area is 97.0 Å². The number of aliphatic carboxylic acids is 1. The van der Waals surface area contributed by atoms with E-state index in [0.29, 0.717) is 11.3 Å². The van der Waals surface area contributed by atoms with Crippen LogP contribution < -0.4 is 5.73 Å². The van der Waals surface area contributed by atoms with Crippen molar-refractivity contribution in [3.05, 3.63) is 23.4 Å². The number of rotatable bonds is 2. The molecule has 0 aromatic rings. The van der Waals surface area contributed by atoms with E-state index in [1.165, 1.54) is 16.7 Å². The van der Waals surface area contributed by atoms with Crippen molar-refractivity contribution in [2.45, 2.75) is 18.3 Å². The summed E-state index contributed by atoms with van der Waals surface area (Å²) in [6.45, 7) is 1.81. The van der Waals surface area contributed by atoms with E-state index in [2.05, 4.69) is 0 Å². The van der Waals surface area contributed by atoms with Gasteiger partial charge in [-0.05, 0) is 12.5 Å². The maximum Gasteiger partial charge on any atom is 0.352 e. The minimum absolute atomic E-state index is 0.0774. The molecule has 1 unspecified atom stereocenters. The van der Waals surface area contributed by atoms with E-state index >= 15 is 0 Å². The lowest BCUT2D eigenvalue weighted by Crippen LogP contribution is -2.68. The number of fused-ring (bicyclic) bond motifs is 1. The van der Waals surface area contributed by atoms with Gasteiger partial charge in [-0.15, -0.1) is 11.8 Å². The number of nitrogens with two attached hydrogens (primary N) is 1. The molecule has 0 aromatic heterocycles. The van der Waals surface area contributed by atoms with Gasteiger partial charge in [0.25, 0.3) is 0 Å². The predicted octanol–water partition coefficient (Wildman–Crippen LogP) is 0.144. The van der Waals surface area contributed by atoms with Crippen LogP contribution in [0.4, 0.5) is 0 Å². The third kappa shape index (κ3) is 1.45. The van der Waals surface area contributed by atoms with E-state index in [-0.39, 0.29) is 17.0 Å². The summed E-state index contributed by atoms with van der Waals surface area (Å²) in [5.41, 5.74) is 6.35. The molecule has 3 N–H and O–H groups in total. The minimum Gasteiger partial charge on any atom is -0.477 e. The fourth-order valence-electron chi connectivity index (χ4n) is 1.87. The van der Waals surface area contributed by atoms with Crippen molar-refractivity contribution in [3.63, 3.8) is 0 Å². The second-order valence-electron chi connectivity index (χ2n) is 3.61. The Morgan fingerprint density at radius 1 is 1.69 bits per heavy atom. The van der Waals surface area contributed by atoms with Gasteiger partial charge in [-0.25, -0.2) is 4.79 Å². The number of carbonyl (C=O) groups is 2. The van der Waals surface area contributed by atoms with Gasteiger partial charge >= 0.3 is 5.97 Å². The lowest BCUT2D eigenvalue weighted by atomic mass is 10.0. The van der Waals surface area contributed by atoms with Crippen LogP contribution in [0.1, 0.15) is 6.92 Å². The van der Waals surface area contributed by atoms with Crippen LogP contribution in [0, 0.1) is 0 Å². The summed E-state index contributed by atoms with van der Waals surface area (Å²) in [7, 11) is 0. The van der Waals surface area contributed by atoms with Crippen molar-refractivity contribution >= 4 is 23.6 Å². The van der Waals surface area contributed by atoms with Gasteiger partial charge in [0.05, 0.1) is 0 Å². The van der Waals surface area contributed by atoms with Crippen molar-refractivity contribution in [2.75, 3.05) is 5.75 Å². The van der Waals surface area contributed by atoms with Crippen molar-refractivity contribution in [1.82, 2.24) is 4.90 Å². The second kappa shape index (κ2) is 3.95. The molecule has 0 bridgehead atoms. The maximum absolute atomic E-state index is 11.5. The predicted molar refractivity (Wildman–Crippen MR) is 60.5 cm³/mol. The van der Waals surface area contributed by atoms with Crippen molar-refractivity contribution in [3.8, 4) is 0 Å². The highest BCUT2D eigenvalue weighted by Gasteiger charge is 2.51. The SMILES string of the molecule is C/C=C/C1=C(C(=O)O)N2C(=O)[C@@H](N)C2SC1. The molecule has 2 rings (SSSR count). The molecule has 1 saturated heterocycles. The lowest BCUT2D eigenvalue weighted by molar-refractivity contribution is -0.147. The van der Waals surface area contributed by atoms with Crippen LogP contribution >= 0.6 is 11.8 Å². The highest BCUT2D eigenvalue weighted by Crippen LogP contribution is 2.39. The zero-order chi connectivity index (χ0) is 11.9. The minimum atomic E-state index is -1.07.